The molecule has 2 aromatic rings. The maximum Gasteiger partial charge on any atom is 0.290 e. The second-order valence-electron chi connectivity index (χ2n) is 4.42. The fourth-order valence-electron chi connectivity index (χ4n) is 2.38. The van der Waals surface area contributed by atoms with Crippen molar-refractivity contribution in [2.75, 3.05) is 0 Å². The second-order valence-corrected chi connectivity index (χ2v) is 4.42. The molecule has 92 valence electrons. The molecule has 0 heterocycles. The van der Waals surface area contributed by atoms with Crippen LogP contribution >= 0.6 is 0 Å². The van der Waals surface area contributed by atoms with E-state index < -0.39 is 0 Å². The quantitative estimate of drug-likeness (QED) is 0.816. The highest BCUT2D eigenvalue weighted by Crippen LogP contribution is 2.53. The average Bonchev–Trinajstić information content (AvgIpc) is 3.23. The molecule has 0 unspecified atom stereocenters. The molecular weight excluding hydrogens is 224 g/mol. The number of hydrogen-bond acceptors (Lipinski definition) is 1. The van der Waals surface area contributed by atoms with Crippen LogP contribution in [0, 0.1) is 0 Å². The molecule has 2 heteroatoms. The Balaban J connectivity index is 0.000000367. The summed E-state index contributed by atoms with van der Waals surface area (Å²) >= 11 is 0. The molecule has 1 aliphatic carbocycles. The molecule has 3 rings (SSSR count). The van der Waals surface area contributed by atoms with Gasteiger partial charge in [0.1, 0.15) is 0 Å². The summed E-state index contributed by atoms with van der Waals surface area (Å²) in [4.78, 5) is 8.36. The minimum atomic E-state index is -0.250. The summed E-state index contributed by atoms with van der Waals surface area (Å²) in [6.45, 7) is -0.250. The molecule has 2 aromatic carbocycles. The Morgan fingerprint density at radius 2 is 1.17 bits per heavy atom. The van der Waals surface area contributed by atoms with E-state index in [0.29, 0.717) is 5.41 Å². The molecule has 1 saturated carbocycles. The third-order valence-corrected chi connectivity index (χ3v) is 3.40. The van der Waals surface area contributed by atoms with Crippen LogP contribution in [0.2, 0.25) is 0 Å². The van der Waals surface area contributed by atoms with E-state index in [1.165, 1.54) is 24.0 Å². The van der Waals surface area contributed by atoms with Crippen molar-refractivity contribution in [2.45, 2.75) is 18.3 Å². The van der Waals surface area contributed by atoms with Gasteiger partial charge < -0.3 is 5.11 Å². The lowest BCUT2D eigenvalue weighted by atomic mass is 9.88. The van der Waals surface area contributed by atoms with Crippen LogP contribution in [-0.2, 0) is 10.2 Å². The van der Waals surface area contributed by atoms with Gasteiger partial charge in [-0.1, -0.05) is 60.7 Å². The minimum Gasteiger partial charge on any atom is -0.483 e. The van der Waals surface area contributed by atoms with Gasteiger partial charge in [-0.15, -0.1) is 0 Å². The van der Waals surface area contributed by atoms with E-state index in [-0.39, 0.29) is 6.47 Å². The predicted molar refractivity (Wildman–Crippen MR) is 71.6 cm³/mol. The highest BCUT2D eigenvalue weighted by Gasteiger charge is 2.45. The lowest BCUT2D eigenvalue weighted by Crippen LogP contribution is -2.07. The summed E-state index contributed by atoms with van der Waals surface area (Å²) < 4.78 is 0. The summed E-state index contributed by atoms with van der Waals surface area (Å²) in [6.07, 6.45) is 2.59. The van der Waals surface area contributed by atoms with Crippen molar-refractivity contribution in [1.82, 2.24) is 0 Å². The molecule has 0 atom stereocenters. The molecule has 0 aromatic heterocycles. The molecule has 0 bridgehead atoms. The topological polar surface area (TPSA) is 37.3 Å². The van der Waals surface area contributed by atoms with Gasteiger partial charge in [-0.2, -0.15) is 0 Å². The highest BCUT2D eigenvalue weighted by atomic mass is 16.3. The first-order chi connectivity index (χ1) is 8.83. The van der Waals surface area contributed by atoms with Crippen molar-refractivity contribution in [3.05, 3.63) is 71.8 Å². The summed E-state index contributed by atoms with van der Waals surface area (Å²) in [5.74, 6) is 0. The Hall–Kier alpha value is -2.09. The first kappa shape index (κ1) is 12.4. The average molecular weight is 240 g/mol. The normalized spacial score (nSPS) is 15.1. The van der Waals surface area contributed by atoms with Gasteiger partial charge in [0, 0.05) is 5.41 Å². The Kier molecular flexibility index (Phi) is 3.78. The molecule has 0 saturated heterocycles. The zero-order valence-corrected chi connectivity index (χ0v) is 10.1. The van der Waals surface area contributed by atoms with Gasteiger partial charge in [0.2, 0.25) is 0 Å². The Morgan fingerprint density at radius 3 is 1.44 bits per heavy atom. The van der Waals surface area contributed by atoms with Gasteiger partial charge in [-0.05, 0) is 24.0 Å². The standard InChI is InChI=1S/C15H14.CH2O2/c1-3-7-13(8-4-1)15(11-12-15)14-9-5-2-6-10-14;2-1-3/h1-10H,11-12H2;1H,(H,2,3). The van der Waals surface area contributed by atoms with Gasteiger partial charge >= 0.3 is 0 Å². The molecule has 1 fully saturated rings. The monoisotopic (exact) mass is 240 g/mol. The lowest BCUT2D eigenvalue weighted by Gasteiger charge is -2.15. The highest BCUT2D eigenvalue weighted by molar-refractivity contribution is 5.44. The number of rotatable bonds is 2. The molecule has 18 heavy (non-hydrogen) atoms. The number of carbonyl (C=O) groups is 1. The maximum absolute atomic E-state index is 8.36. The fourth-order valence-corrected chi connectivity index (χ4v) is 2.38. The summed E-state index contributed by atoms with van der Waals surface area (Å²) in [7, 11) is 0. The maximum atomic E-state index is 8.36. The van der Waals surface area contributed by atoms with Gasteiger partial charge in [-0.3, -0.25) is 4.79 Å². The molecule has 2 nitrogen and oxygen atoms in total. The van der Waals surface area contributed by atoms with Crippen molar-refractivity contribution in [1.29, 1.82) is 0 Å². The lowest BCUT2D eigenvalue weighted by molar-refractivity contribution is -0.122. The van der Waals surface area contributed by atoms with Crippen molar-refractivity contribution < 1.29 is 9.90 Å². The van der Waals surface area contributed by atoms with E-state index in [1.807, 2.05) is 0 Å². The van der Waals surface area contributed by atoms with Gasteiger partial charge in [0.05, 0.1) is 0 Å². The first-order valence-corrected chi connectivity index (χ1v) is 6.02. The molecule has 0 spiro atoms. The summed E-state index contributed by atoms with van der Waals surface area (Å²) in [5, 5.41) is 6.89. The molecule has 1 N–H and O–H groups in total. The van der Waals surface area contributed by atoms with Crippen LogP contribution in [0.3, 0.4) is 0 Å². The van der Waals surface area contributed by atoms with Crippen molar-refractivity contribution in [3.63, 3.8) is 0 Å². The summed E-state index contributed by atoms with van der Waals surface area (Å²) in [5.41, 5.74) is 3.27. The molecule has 1 aliphatic rings. The fraction of sp³-hybridized carbons (Fsp3) is 0.188. The van der Waals surface area contributed by atoms with Gasteiger partial charge in [0.15, 0.2) is 0 Å². The van der Waals surface area contributed by atoms with Crippen LogP contribution in [0.25, 0.3) is 0 Å². The number of carboxylic acid groups (broad SMARTS) is 1. The smallest absolute Gasteiger partial charge is 0.290 e. The predicted octanol–water partition coefficient (Wildman–Crippen LogP) is 3.47. The molecule has 0 aliphatic heterocycles. The third-order valence-electron chi connectivity index (χ3n) is 3.40. The zero-order valence-electron chi connectivity index (χ0n) is 10.1. The van der Waals surface area contributed by atoms with Crippen LogP contribution in [0.15, 0.2) is 60.7 Å². The first-order valence-electron chi connectivity index (χ1n) is 6.02. The molecular formula is C16H16O2. The second kappa shape index (κ2) is 5.50. The van der Waals surface area contributed by atoms with Crippen LogP contribution in [0.4, 0.5) is 0 Å². The Morgan fingerprint density at radius 1 is 0.833 bits per heavy atom. The number of hydrogen-bond donors (Lipinski definition) is 1. The van der Waals surface area contributed by atoms with Crippen molar-refractivity contribution in [3.8, 4) is 0 Å². The Labute approximate surface area is 107 Å². The van der Waals surface area contributed by atoms with E-state index >= 15 is 0 Å². The minimum absolute atomic E-state index is 0.250. The van der Waals surface area contributed by atoms with Crippen LogP contribution in [0.1, 0.15) is 24.0 Å². The van der Waals surface area contributed by atoms with Gasteiger partial charge in [-0.25, -0.2) is 0 Å². The van der Waals surface area contributed by atoms with E-state index in [0.717, 1.165) is 0 Å². The third kappa shape index (κ3) is 2.43. The van der Waals surface area contributed by atoms with E-state index in [2.05, 4.69) is 60.7 Å². The zero-order chi connectivity index (χ0) is 12.8. The van der Waals surface area contributed by atoms with Crippen molar-refractivity contribution in [2.24, 2.45) is 0 Å². The van der Waals surface area contributed by atoms with Crippen molar-refractivity contribution >= 4 is 6.47 Å². The van der Waals surface area contributed by atoms with E-state index in [9.17, 15) is 0 Å². The molecule has 0 amide bonds. The van der Waals surface area contributed by atoms with Crippen LogP contribution < -0.4 is 0 Å². The Bertz CT molecular complexity index is 446. The number of benzene rings is 2. The van der Waals surface area contributed by atoms with E-state index in [1.54, 1.807) is 0 Å². The molecule has 0 radical (unpaired) electrons. The van der Waals surface area contributed by atoms with Crippen LogP contribution in [0.5, 0.6) is 0 Å². The summed E-state index contributed by atoms with van der Waals surface area (Å²) in [6, 6.07) is 21.7. The van der Waals surface area contributed by atoms with Gasteiger partial charge in [0.25, 0.3) is 6.47 Å². The van der Waals surface area contributed by atoms with Crippen LogP contribution in [-0.4, -0.2) is 11.6 Å². The SMILES string of the molecule is O=CO.c1ccc(C2(c3ccccc3)CC2)cc1. The largest absolute Gasteiger partial charge is 0.483 e. The van der Waals surface area contributed by atoms with E-state index in [4.69, 9.17) is 9.90 Å².